The number of hydrogen-bond acceptors (Lipinski definition) is 4. The van der Waals surface area contributed by atoms with Crippen molar-refractivity contribution in [1.82, 2.24) is 24.6 Å². The third-order valence-electron chi connectivity index (χ3n) is 4.80. The second-order valence-electron chi connectivity index (χ2n) is 6.80. The van der Waals surface area contributed by atoms with Gasteiger partial charge in [-0.2, -0.15) is 0 Å². The highest BCUT2D eigenvalue weighted by atomic mass is 16.2. The molecule has 4 aromatic rings. The van der Waals surface area contributed by atoms with E-state index in [4.69, 9.17) is 0 Å². The summed E-state index contributed by atoms with van der Waals surface area (Å²) in [4.78, 5) is 29.1. The quantitative estimate of drug-likeness (QED) is 0.541. The van der Waals surface area contributed by atoms with E-state index in [1.165, 1.54) is 9.25 Å². The maximum Gasteiger partial charge on any atom is 0.346 e. The molecule has 0 radical (unpaired) electrons. The number of nitrogens with zero attached hydrogens (tertiary/aromatic N) is 4. The van der Waals surface area contributed by atoms with E-state index in [1.54, 1.807) is 37.5 Å². The maximum absolute atomic E-state index is 12.4. The van der Waals surface area contributed by atoms with Crippen LogP contribution in [0.1, 0.15) is 10.4 Å². The first-order chi connectivity index (χ1) is 14.6. The molecule has 7 nitrogen and oxygen atoms in total. The van der Waals surface area contributed by atoms with Crippen molar-refractivity contribution in [3.8, 4) is 22.6 Å². The Balaban J connectivity index is 1.39. The summed E-state index contributed by atoms with van der Waals surface area (Å²) in [6, 6.07) is 22.9. The normalized spacial score (nSPS) is 10.7. The predicted molar refractivity (Wildman–Crippen MR) is 115 cm³/mol. The molecule has 1 N–H and O–H groups in total. The number of hydrogen-bond donors (Lipinski definition) is 1. The van der Waals surface area contributed by atoms with Crippen molar-refractivity contribution in [2.75, 3.05) is 6.54 Å². The predicted octanol–water partition coefficient (Wildman–Crippen LogP) is 2.74. The number of benzene rings is 2. The van der Waals surface area contributed by atoms with Gasteiger partial charge in [-0.1, -0.05) is 48.5 Å². The van der Waals surface area contributed by atoms with Crippen LogP contribution in [0.15, 0.2) is 83.8 Å². The first-order valence-corrected chi connectivity index (χ1v) is 9.62. The first-order valence-electron chi connectivity index (χ1n) is 9.62. The molecular weight excluding hydrogens is 378 g/mol. The minimum Gasteiger partial charge on any atom is -0.350 e. The number of nitrogens with one attached hydrogen (secondary N) is 1. The molecule has 0 saturated heterocycles. The minimum atomic E-state index is -0.253. The van der Waals surface area contributed by atoms with Gasteiger partial charge in [0.25, 0.3) is 5.91 Å². The molecule has 0 aliphatic carbocycles. The zero-order valence-electron chi connectivity index (χ0n) is 16.5. The number of carbonyl (C=O) groups excluding carboxylic acids is 1. The number of pyridine rings is 1. The summed E-state index contributed by atoms with van der Waals surface area (Å²) in [6.45, 7) is 0.561. The molecule has 4 rings (SSSR count). The third-order valence-corrected chi connectivity index (χ3v) is 4.80. The largest absolute Gasteiger partial charge is 0.350 e. The average molecular weight is 399 g/mol. The van der Waals surface area contributed by atoms with Gasteiger partial charge in [0.1, 0.15) is 5.69 Å². The zero-order chi connectivity index (χ0) is 20.9. The van der Waals surface area contributed by atoms with Crippen molar-refractivity contribution >= 4 is 5.91 Å². The fourth-order valence-corrected chi connectivity index (χ4v) is 3.17. The topological polar surface area (TPSA) is 81.8 Å². The lowest BCUT2D eigenvalue weighted by molar-refractivity contribution is 0.0952. The summed E-state index contributed by atoms with van der Waals surface area (Å²) in [5.41, 5.74) is 3.09. The maximum atomic E-state index is 12.4. The Morgan fingerprint density at radius 2 is 1.63 bits per heavy atom. The molecule has 0 aliphatic rings. The highest BCUT2D eigenvalue weighted by Crippen LogP contribution is 2.19. The molecular formula is C23H21N5O2. The van der Waals surface area contributed by atoms with Crippen LogP contribution in [0.4, 0.5) is 0 Å². The molecule has 1 amide bonds. The van der Waals surface area contributed by atoms with Crippen LogP contribution in [0.25, 0.3) is 22.6 Å². The Bertz CT molecular complexity index is 1200. The molecule has 150 valence electrons. The van der Waals surface area contributed by atoms with Crippen molar-refractivity contribution in [3.05, 3.63) is 95.0 Å². The van der Waals surface area contributed by atoms with Crippen LogP contribution in [-0.4, -0.2) is 31.8 Å². The van der Waals surface area contributed by atoms with Crippen molar-refractivity contribution in [1.29, 1.82) is 0 Å². The van der Waals surface area contributed by atoms with E-state index in [0.29, 0.717) is 17.1 Å². The second-order valence-corrected chi connectivity index (χ2v) is 6.80. The zero-order valence-corrected chi connectivity index (χ0v) is 16.5. The third kappa shape index (κ3) is 4.05. The van der Waals surface area contributed by atoms with E-state index in [9.17, 15) is 9.59 Å². The molecule has 30 heavy (non-hydrogen) atoms. The van der Waals surface area contributed by atoms with E-state index in [1.807, 2.05) is 48.5 Å². The molecule has 0 fully saturated rings. The summed E-state index contributed by atoms with van der Waals surface area (Å²) in [7, 11) is 1.66. The van der Waals surface area contributed by atoms with Crippen LogP contribution in [0, 0.1) is 0 Å². The molecule has 7 heteroatoms. The van der Waals surface area contributed by atoms with E-state index < -0.39 is 0 Å². The van der Waals surface area contributed by atoms with Crippen LogP contribution in [0.5, 0.6) is 0 Å². The van der Waals surface area contributed by atoms with E-state index >= 15 is 0 Å². The number of carbonyl (C=O) groups is 1. The van der Waals surface area contributed by atoms with E-state index in [-0.39, 0.29) is 24.7 Å². The number of aromatic nitrogens is 4. The number of amides is 1. The Labute approximate surface area is 173 Å². The van der Waals surface area contributed by atoms with Crippen LogP contribution in [0.3, 0.4) is 0 Å². The first kappa shape index (κ1) is 19.3. The van der Waals surface area contributed by atoms with Gasteiger partial charge in [0.15, 0.2) is 5.82 Å². The SMILES string of the molecule is Cn1c(-c2ccccn2)nn(CCNC(=O)c2ccc(-c3ccccc3)cc2)c1=O. The van der Waals surface area contributed by atoms with Crippen molar-refractivity contribution in [2.24, 2.45) is 7.05 Å². The van der Waals surface area contributed by atoms with E-state index in [0.717, 1.165) is 11.1 Å². The molecule has 0 spiro atoms. The van der Waals surface area contributed by atoms with Gasteiger partial charge in [0.2, 0.25) is 0 Å². The fraction of sp³-hybridized carbons (Fsp3) is 0.130. The second kappa shape index (κ2) is 8.57. The summed E-state index contributed by atoms with van der Waals surface area (Å²) < 4.78 is 2.79. The monoisotopic (exact) mass is 399 g/mol. The van der Waals surface area contributed by atoms with Crippen LogP contribution >= 0.6 is 0 Å². The number of rotatable bonds is 6. The van der Waals surface area contributed by atoms with Gasteiger partial charge in [-0.05, 0) is 35.4 Å². The summed E-state index contributed by atoms with van der Waals surface area (Å²) in [5, 5.41) is 7.19. The molecule has 2 aromatic heterocycles. The van der Waals surface area contributed by atoms with Gasteiger partial charge in [0, 0.05) is 25.4 Å². The molecule has 0 saturated carbocycles. The lowest BCUT2D eigenvalue weighted by Crippen LogP contribution is -2.31. The van der Waals surface area contributed by atoms with Crippen molar-refractivity contribution in [3.63, 3.8) is 0 Å². The Morgan fingerprint density at radius 3 is 2.33 bits per heavy atom. The van der Waals surface area contributed by atoms with Gasteiger partial charge >= 0.3 is 5.69 Å². The Hall–Kier alpha value is -4.00. The van der Waals surface area contributed by atoms with Gasteiger partial charge in [0.05, 0.1) is 6.54 Å². The van der Waals surface area contributed by atoms with Crippen LogP contribution < -0.4 is 11.0 Å². The smallest absolute Gasteiger partial charge is 0.346 e. The molecule has 0 atom stereocenters. The van der Waals surface area contributed by atoms with Crippen LogP contribution in [0.2, 0.25) is 0 Å². The Morgan fingerprint density at radius 1 is 0.933 bits per heavy atom. The highest BCUT2D eigenvalue weighted by molar-refractivity contribution is 5.94. The summed E-state index contributed by atoms with van der Waals surface area (Å²) in [5.74, 6) is 0.298. The minimum absolute atomic E-state index is 0.191. The Kier molecular flexibility index (Phi) is 5.52. The molecule has 0 bridgehead atoms. The average Bonchev–Trinajstić information content (AvgIpc) is 3.09. The van der Waals surface area contributed by atoms with Gasteiger partial charge in [-0.3, -0.25) is 14.3 Å². The van der Waals surface area contributed by atoms with Crippen molar-refractivity contribution < 1.29 is 4.79 Å². The van der Waals surface area contributed by atoms with Crippen molar-refractivity contribution in [2.45, 2.75) is 6.54 Å². The van der Waals surface area contributed by atoms with Gasteiger partial charge in [-0.25, -0.2) is 9.48 Å². The summed E-state index contributed by atoms with van der Waals surface area (Å²) in [6.07, 6.45) is 1.65. The highest BCUT2D eigenvalue weighted by Gasteiger charge is 2.13. The fourth-order valence-electron chi connectivity index (χ4n) is 3.17. The van der Waals surface area contributed by atoms with Gasteiger partial charge in [-0.15, -0.1) is 5.10 Å². The molecule has 0 aliphatic heterocycles. The molecule has 0 unspecified atom stereocenters. The van der Waals surface area contributed by atoms with Gasteiger partial charge < -0.3 is 5.32 Å². The lowest BCUT2D eigenvalue weighted by atomic mass is 10.0. The van der Waals surface area contributed by atoms with E-state index in [2.05, 4.69) is 15.4 Å². The molecule has 2 aromatic carbocycles. The summed E-state index contributed by atoms with van der Waals surface area (Å²) >= 11 is 0. The standard InChI is InChI=1S/C23H21N5O2/c1-27-21(20-9-5-6-14-24-20)26-28(23(27)30)16-15-25-22(29)19-12-10-18(11-13-19)17-7-3-2-4-8-17/h2-14H,15-16H2,1H3,(H,25,29). The molecule has 2 heterocycles. The lowest BCUT2D eigenvalue weighted by Gasteiger charge is -2.06. The van der Waals surface area contributed by atoms with Crippen LogP contribution in [-0.2, 0) is 13.6 Å².